The number of hydrogen-bond acceptors (Lipinski definition) is 7. The number of amides is 1. The van der Waals surface area contributed by atoms with E-state index in [1.165, 1.54) is 24.2 Å². The molecule has 0 unspecified atom stereocenters. The summed E-state index contributed by atoms with van der Waals surface area (Å²) in [5.74, 6) is 0.459. The number of rotatable bonds is 6. The van der Waals surface area contributed by atoms with E-state index in [0.29, 0.717) is 48.9 Å². The van der Waals surface area contributed by atoms with Gasteiger partial charge in [-0.2, -0.15) is 0 Å². The van der Waals surface area contributed by atoms with Gasteiger partial charge < -0.3 is 15.0 Å². The van der Waals surface area contributed by atoms with Crippen molar-refractivity contribution in [3.63, 3.8) is 0 Å². The minimum absolute atomic E-state index is 0.0414. The number of pyridine rings is 1. The van der Waals surface area contributed by atoms with E-state index in [4.69, 9.17) is 4.74 Å². The Hall–Kier alpha value is -2.72. The molecule has 166 valence electrons. The van der Waals surface area contributed by atoms with Crippen LogP contribution in [0.2, 0.25) is 0 Å². The quantitative estimate of drug-likeness (QED) is 0.464. The molecule has 7 nitrogen and oxygen atoms in total. The molecule has 0 saturated carbocycles. The number of piperidine rings is 1. The number of nitrogens with one attached hydrogen (secondary N) is 1. The second kappa shape index (κ2) is 10.3. The number of thioether (sulfide) groups is 1. The summed E-state index contributed by atoms with van der Waals surface area (Å²) < 4.78 is 21.0. The molecule has 1 aromatic carbocycles. The summed E-state index contributed by atoms with van der Waals surface area (Å²) >= 11 is 4.82. The van der Waals surface area contributed by atoms with E-state index in [0.717, 1.165) is 9.37 Å². The highest BCUT2D eigenvalue weighted by molar-refractivity contribution is 9.10. The van der Waals surface area contributed by atoms with Gasteiger partial charge in [-0.25, -0.2) is 14.4 Å². The summed E-state index contributed by atoms with van der Waals surface area (Å²) in [7, 11) is 0. The summed E-state index contributed by atoms with van der Waals surface area (Å²) in [5.41, 5.74) is 0.893. The van der Waals surface area contributed by atoms with Crippen LogP contribution < -0.4 is 10.1 Å². The van der Waals surface area contributed by atoms with E-state index >= 15 is 0 Å². The van der Waals surface area contributed by atoms with Crippen molar-refractivity contribution in [3.05, 3.63) is 64.9 Å². The zero-order chi connectivity index (χ0) is 22.5. The molecule has 1 aliphatic rings. The number of halogens is 2. The summed E-state index contributed by atoms with van der Waals surface area (Å²) in [6.07, 6.45) is 7.80. The van der Waals surface area contributed by atoms with Gasteiger partial charge in [-0.3, -0.25) is 9.78 Å². The number of benzene rings is 1. The summed E-state index contributed by atoms with van der Waals surface area (Å²) in [6.45, 7) is 1.17. The van der Waals surface area contributed by atoms with Crippen LogP contribution in [0.5, 0.6) is 5.88 Å². The monoisotopic (exact) mass is 517 g/mol. The minimum Gasteiger partial charge on any atom is -0.474 e. The molecule has 3 aromatic rings. The van der Waals surface area contributed by atoms with Crippen molar-refractivity contribution in [1.82, 2.24) is 19.9 Å². The zero-order valence-electron chi connectivity index (χ0n) is 17.3. The van der Waals surface area contributed by atoms with Gasteiger partial charge in [0, 0.05) is 53.8 Å². The Morgan fingerprint density at radius 2 is 2.03 bits per heavy atom. The first-order valence-electron chi connectivity index (χ1n) is 10.0. The maximum atomic E-state index is 14.3. The van der Waals surface area contributed by atoms with Crippen LogP contribution in [0.3, 0.4) is 0 Å². The number of carbonyl (C=O) groups is 1. The lowest BCUT2D eigenvalue weighted by atomic mass is 10.1. The van der Waals surface area contributed by atoms with Crippen LogP contribution in [0.15, 0.2) is 58.4 Å². The van der Waals surface area contributed by atoms with Crippen LogP contribution in [-0.2, 0) is 0 Å². The topological polar surface area (TPSA) is 80.2 Å². The summed E-state index contributed by atoms with van der Waals surface area (Å²) in [6, 6.07) is 8.41. The molecule has 1 N–H and O–H groups in total. The van der Waals surface area contributed by atoms with Crippen molar-refractivity contribution in [1.29, 1.82) is 0 Å². The molecule has 3 heterocycles. The molecule has 0 aliphatic carbocycles. The molecule has 10 heteroatoms. The molecule has 1 amide bonds. The third kappa shape index (κ3) is 5.55. The van der Waals surface area contributed by atoms with Crippen molar-refractivity contribution in [3.8, 4) is 5.88 Å². The second-order valence-electron chi connectivity index (χ2n) is 7.21. The fourth-order valence-corrected chi connectivity index (χ4v) is 4.18. The van der Waals surface area contributed by atoms with Crippen molar-refractivity contribution in [2.45, 2.75) is 23.8 Å². The molecule has 0 atom stereocenters. The molecule has 0 spiro atoms. The molecule has 0 bridgehead atoms. The minimum atomic E-state index is -0.351. The van der Waals surface area contributed by atoms with E-state index in [1.807, 2.05) is 12.3 Å². The Kier molecular flexibility index (Phi) is 7.21. The first-order valence-corrected chi connectivity index (χ1v) is 12.0. The van der Waals surface area contributed by atoms with Crippen LogP contribution in [0.25, 0.3) is 0 Å². The van der Waals surface area contributed by atoms with Crippen LogP contribution in [0, 0.1) is 5.82 Å². The van der Waals surface area contributed by atoms with Crippen molar-refractivity contribution < 1.29 is 13.9 Å². The number of aromatic nitrogens is 3. The number of ether oxygens (including phenoxy) is 1. The second-order valence-corrected chi connectivity index (χ2v) is 9.01. The molecular weight excluding hydrogens is 497 g/mol. The van der Waals surface area contributed by atoms with Gasteiger partial charge in [-0.1, -0.05) is 0 Å². The van der Waals surface area contributed by atoms with Crippen LogP contribution >= 0.6 is 27.7 Å². The highest BCUT2D eigenvalue weighted by Gasteiger charge is 2.25. The average Bonchev–Trinajstić information content (AvgIpc) is 2.81. The molecule has 0 radical (unpaired) electrons. The van der Waals surface area contributed by atoms with Gasteiger partial charge >= 0.3 is 0 Å². The van der Waals surface area contributed by atoms with E-state index in [2.05, 4.69) is 36.2 Å². The predicted octanol–water partition coefficient (Wildman–Crippen LogP) is 4.92. The number of carbonyl (C=O) groups excluding carboxylic acids is 1. The molecule has 1 aliphatic heterocycles. The highest BCUT2D eigenvalue weighted by Crippen LogP contribution is 2.26. The Labute approximate surface area is 197 Å². The maximum Gasteiger partial charge on any atom is 0.255 e. The SMILES string of the molecule is CSc1ccc(Nc2cc(OC3CCN(C(=O)c4cncc(Br)c4)CC3)ncn2)c(F)c1. The van der Waals surface area contributed by atoms with Crippen molar-refractivity contribution >= 4 is 45.1 Å². The van der Waals surface area contributed by atoms with Gasteiger partial charge in [-0.15, -0.1) is 11.8 Å². The average molecular weight is 518 g/mol. The molecule has 1 fully saturated rings. The van der Waals surface area contributed by atoms with Crippen molar-refractivity contribution in [2.75, 3.05) is 24.7 Å². The number of nitrogens with zero attached hydrogens (tertiary/aromatic N) is 4. The van der Waals surface area contributed by atoms with Crippen LogP contribution in [0.4, 0.5) is 15.9 Å². The fourth-order valence-electron chi connectivity index (χ4n) is 3.39. The van der Waals surface area contributed by atoms with Crippen molar-refractivity contribution in [2.24, 2.45) is 0 Å². The van der Waals surface area contributed by atoms with Gasteiger partial charge in [0.15, 0.2) is 0 Å². The van der Waals surface area contributed by atoms with E-state index in [-0.39, 0.29) is 17.8 Å². The lowest BCUT2D eigenvalue weighted by Gasteiger charge is -2.32. The van der Waals surface area contributed by atoms with E-state index < -0.39 is 0 Å². The van der Waals surface area contributed by atoms with Gasteiger partial charge in [0.25, 0.3) is 5.91 Å². The zero-order valence-corrected chi connectivity index (χ0v) is 19.7. The number of hydrogen-bond donors (Lipinski definition) is 1. The Morgan fingerprint density at radius 3 is 2.75 bits per heavy atom. The third-order valence-electron chi connectivity index (χ3n) is 5.05. The largest absolute Gasteiger partial charge is 0.474 e. The first-order chi connectivity index (χ1) is 15.5. The van der Waals surface area contributed by atoms with Crippen LogP contribution in [-0.4, -0.2) is 51.2 Å². The Morgan fingerprint density at radius 1 is 1.22 bits per heavy atom. The molecule has 1 saturated heterocycles. The predicted molar refractivity (Wildman–Crippen MR) is 125 cm³/mol. The summed E-state index contributed by atoms with van der Waals surface area (Å²) in [4.78, 5) is 27.7. The fraction of sp³-hybridized carbons (Fsp3) is 0.273. The standard InChI is InChI=1S/C22H21BrFN5O2S/c1-32-17-2-3-19(18(24)9-17)28-20-10-21(27-13-26-20)31-16-4-6-29(7-5-16)22(30)14-8-15(23)12-25-11-14/h2-3,8-13,16H,4-7H2,1H3,(H,26,27,28). The number of anilines is 2. The molecular formula is C22H21BrFN5O2S. The first kappa shape index (κ1) is 22.5. The van der Waals surface area contributed by atoms with Gasteiger partial charge in [-0.05, 0) is 46.5 Å². The van der Waals surface area contributed by atoms with E-state index in [9.17, 15) is 9.18 Å². The highest BCUT2D eigenvalue weighted by atomic mass is 79.9. The van der Waals surface area contributed by atoms with Gasteiger partial charge in [0.1, 0.15) is 24.1 Å². The number of likely N-dealkylation sites (tertiary alicyclic amines) is 1. The van der Waals surface area contributed by atoms with E-state index in [1.54, 1.807) is 35.5 Å². The lowest BCUT2D eigenvalue weighted by Crippen LogP contribution is -2.41. The third-order valence-corrected chi connectivity index (χ3v) is 6.21. The van der Waals surface area contributed by atoms with Gasteiger partial charge in [0.2, 0.25) is 5.88 Å². The molecule has 4 rings (SSSR count). The van der Waals surface area contributed by atoms with Crippen LogP contribution in [0.1, 0.15) is 23.2 Å². The Bertz CT molecular complexity index is 1110. The molecule has 2 aromatic heterocycles. The summed E-state index contributed by atoms with van der Waals surface area (Å²) in [5, 5.41) is 2.97. The molecule has 32 heavy (non-hydrogen) atoms. The lowest BCUT2D eigenvalue weighted by molar-refractivity contribution is 0.0587. The Balaban J connectivity index is 1.34. The van der Waals surface area contributed by atoms with Gasteiger partial charge in [0.05, 0.1) is 11.3 Å². The normalized spacial score (nSPS) is 14.3. The smallest absolute Gasteiger partial charge is 0.255 e. The maximum absolute atomic E-state index is 14.3.